The fourth-order valence-electron chi connectivity index (χ4n) is 4.75. The van der Waals surface area contributed by atoms with Crippen LogP contribution in [-0.4, -0.2) is 73.7 Å². The van der Waals surface area contributed by atoms with Crippen LogP contribution in [0.1, 0.15) is 58.3 Å². The minimum absolute atomic E-state index is 0.559. The largest absolute Gasteiger partial charge is 0.355 e. The van der Waals surface area contributed by atoms with E-state index in [4.69, 9.17) is 0 Å². The second kappa shape index (κ2) is 9.04. The molecule has 2 atom stereocenters. The van der Waals surface area contributed by atoms with Crippen LogP contribution in [0.3, 0.4) is 0 Å². The zero-order chi connectivity index (χ0) is 16.8. The Kier molecular flexibility index (Phi) is 6.78. The summed E-state index contributed by atoms with van der Waals surface area (Å²) < 4.78 is 0. The summed E-state index contributed by atoms with van der Waals surface area (Å²) in [6.45, 7) is 8.29. The topological polar surface area (TPSA) is 42.9 Å². The van der Waals surface area contributed by atoms with Crippen LogP contribution in [0.5, 0.6) is 0 Å². The van der Waals surface area contributed by atoms with Crippen molar-refractivity contribution in [1.82, 2.24) is 20.4 Å². The molecule has 24 heavy (non-hydrogen) atoms. The van der Waals surface area contributed by atoms with Gasteiger partial charge in [0.1, 0.15) is 0 Å². The molecule has 0 radical (unpaired) electrons. The van der Waals surface area contributed by atoms with E-state index in [1.165, 1.54) is 77.5 Å². The molecule has 2 aliphatic heterocycles. The van der Waals surface area contributed by atoms with Crippen molar-refractivity contribution in [1.29, 1.82) is 0 Å². The molecule has 2 unspecified atom stereocenters. The quantitative estimate of drug-likeness (QED) is 0.576. The lowest BCUT2D eigenvalue weighted by Gasteiger charge is -2.28. The third kappa shape index (κ3) is 4.63. The third-order valence-corrected chi connectivity index (χ3v) is 6.26. The number of likely N-dealkylation sites (tertiary alicyclic amines) is 2. The first kappa shape index (κ1) is 18.0. The van der Waals surface area contributed by atoms with Crippen molar-refractivity contribution in [3.8, 4) is 0 Å². The van der Waals surface area contributed by atoms with Gasteiger partial charge in [0, 0.05) is 44.8 Å². The Bertz CT molecular complexity index is 399. The van der Waals surface area contributed by atoms with Gasteiger partial charge in [-0.05, 0) is 51.6 Å². The van der Waals surface area contributed by atoms with Gasteiger partial charge in [0.05, 0.1) is 0 Å². The third-order valence-electron chi connectivity index (χ3n) is 6.26. The monoisotopic (exact) mass is 335 g/mol. The second-order valence-electron chi connectivity index (χ2n) is 7.82. The lowest BCUT2D eigenvalue weighted by atomic mass is 10.2. The fourth-order valence-corrected chi connectivity index (χ4v) is 4.75. The summed E-state index contributed by atoms with van der Waals surface area (Å²) in [5, 5.41) is 7.26. The highest BCUT2D eigenvalue weighted by Gasteiger charge is 2.30. The Labute approximate surface area is 148 Å². The highest BCUT2D eigenvalue weighted by Crippen LogP contribution is 2.26. The molecule has 3 aliphatic rings. The van der Waals surface area contributed by atoms with Crippen molar-refractivity contribution in [3.05, 3.63) is 0 Å². The minimum atomic E-state index is 0.559. The Morgan fingerprint density at radius 1 is 1.08 bits per heavy atom. The maximum Gasteiger partial charge on any atom is 0.191 e. The summed E-state index contributed by atoms with van der Waals surface area (Å²) in [7, 11) is 1.90. The van der Waals surface area contributed by atoms with E-state index in [9.17, 15) is 0 Å². The van der Waals surface area contributed by atoms with E-state index >= 15 is 0 Å². The van der Waals surface area contributed by atoms with Crippen molar-refractivity contribution in [3.63, 3.8) is 0 Å². The van der Waals surface area contributed by atoms with E-state index in [0.717, 1.165) is 18.5 Å². The Hall–Kier alpha value is -0.810. The van der Waals surface area contributed by atoms with E-state index in [1.807, 2.05) is 7.05 Å². The van der Waals surface area contributed by atoms with Gasteiger partial charge in [-0.3, -0.25) is 14.8 Å². The first-order valence-corrected chi connectivity index (χ1v) is 10.3. The van der Waals surface area contributed by atoms with Crippen LogP contribution in [0.2, 0.25) is 0 Å². The van der Waals surface area contributed by atoms with Gasteiger partial charge in [-0.1, -0.05) is 19.8 Å². The predicted octanol–water partition coefficient (Wildman–Crippen LogP) is 2.04. The molecule has 2 N–H and O–H groups in total. The molecular weight excluding hydrogens is 298 g/mol. The average Bonchev–Trinajstić information content (AvgIpc) is 3.35. The van der Waals surface area contributed by atoms with Crippen LogP contribution in [-0.2, 0) is 0 Å². The summed E-state index contributed by atoms with van der Waals surface area (Å²) in [4.78, 5) is 9.81. The Morgan fingerprint density at radius 2 is 1.83 bits per heavy atom. The van der Waals surface area contributed by atoms with E-state index in [0.29, 0.717) is 12.1 Å². The summed E-state index contributed by atoms with van der Waals surface area (Å²) in [5.74, 6) is 0.992. The van der Waals surface area contributed by atoms with Crippen LogP contribution in [0, 0.1) is 0 Å². The van der Waals surface area contributed by atoms with Crippen LogP contribution < -0.4 is 10.6 Å². The van der Waals surface area contributed by atoms with Crippen LogP contribution >= 0.6 is 0 Å². The summed E-state index contributed by atoms with van der Waals surface area (Å²) >= 11 is 0. The zero-order valence-electron chi connectivity index (χ0n) is 15.8. The Morgan fingerprint density at radius 3 is 2.50 bits per heavy atom. The van der Waals surface area contributed by atoms with E-state index in [1.54, 1.807) is 0 Å². The molecule has 138 valence electrons. The molecule has 5 nitrogen and oxygen atoms in total. The van der Waals surface area contributed by atoms with Gasteiger partial charge >= 0.3 is 0 Å². The highest BCUT2D eigenvalue weighted by molar-refractivity contribution is 5.80. The molecular formula is C19H37N5. The molecule has 1 saturated carbocycles. The summed E-state index contributed by atoms with van der Waals surface area (Å²) in [6, 6.07) is 2.06. The average molecular weight is 336 g/mol. The number of rotatable bonds is 6. The maximum absolute atomic E-state index is 4.46. The summed E-state index contributed by atoms with van der Waals surface area (Å²) in [5.41, 5.74) is 0. The smallest absolute Gasteiger partial charge is 0.191 e. The number of nitrogens with zero attached hydrogens (tertiary/aromatic N) is 3. The molecule has 0 aromatic carbocycles. The molecule has 0 spiro atoms. The molecule has 0 amide bonds. The zero-order valence-corrected chi connectivity index (χ0v) is 15.8. The lowest BCUT2D eigenvalue weighted by Crippen LogP contribution is -2.49. The number of nitrogens with one attached hydrogen (secondary N) is 2. The summed E-state index contributed by atoms with van der Waals surface area (Å²) in [6.07, 6.45) is 10.9. The van der Waals surface area contributed by atoms with E-state index in [-0.39, 0.29) is 0 Å². The number of hydrogen-bond acceptors (Lipinski definition) is 3. The number of aliphatic imine (C=N–C) groups is 1. The molecule has 2 heterocycles. The molecule has 0 aromatic heterocycles. The van der Waals surface area contributed by atoms with Gasteiger partial charge in [-0.2, -0.15) is 0 Å². The van der Waals surface area contributed by atoms with Crippen LogP contribution in [0.25, 0.3) is 0 Å². The predicted molar refractivity (Wildman–Crippen MR) is 102 cm³/mol. The normalized spacial score (nSPS) is 28.6. The molecule has 3 rings (SSSR count). The van der Waals surface area contributed by atoms with Crippen LogP contribution in [0.4, 0.5) is 0 Å². The van der Waals surface area contributed by atoms with Crippen molar-refractivity contribution in [2.24, 2.45) is 4.99 Å². The fraction of sp³-hybridized carbons (Fsp3) is 0.947. The molecule has 1 aliphatic carbocycles. The lowest BCUT2D eigenvalue weighted by molar-refractivity contribution is 0.235. The van der Waals surface area contributed by atoms with Crippen LogP contribution in [0.15, 0.2) is 4.99 Å². The van der Waals surface area contributed by atoms with E-state index < -0.39 is 0 Å². The minimum Gasteiger partial charge on any atom is -0.355 e. The van der Waals surface area contributed by atoms with Crippen molar-refractivity contribution < 1.29 is 0 Å². The Balaban J connectivity index is 1.41. The SMILES string of the molecule is CCC(CNC(=NC)NC1CCN(C2CCCC2)C1)N1CCCC1. The van der Waals surface area contributed by atoms with Gasteiger partial charge in [-0.15, -0.1) is 0 Å². The molecule has 3 fully saturated rings. The first-order chi connectivity index (χ1) is 11.8. The first-order valence-electron chi connectivity index (χ1n) is 10.3. The van der Waals surface area contributed by atoms with Gasteiger partial charge in [0.15, 0.2) is 5.96 Å². The highest BCUT2D eigenvalue weighted by atomic mass is 15.3. The van der Waals surface area contributed by atoms with Crippen molar-refractivity contribution in [2.75, 3.05) is 39.8 Å². The van der Waals surface area contributed by atoms with Gasteiger partial charge in [-0.25, -0.2) is 0 Å². The standard InChI is InChI=1S/C19H37N5/c1-3-17(23-11-6-7-12-23)14-21-19(20-2)22-16-10-13-24(15-16)18-8-4-5-9-18/h16-18H,3-15H2,1-2H3,(H2,20,21,22). The molecule has 5 heteroatoms. The van der Waals surface area contributed by atoms with Gasteiger partial charge in [0.25, 0.3) is 0 Å². The van der Waals surface area contributed by atoms with Crippen molar-refractivity contribution in [2.45, 2.75) is 76.4 Å². The van der Waals surface area contributed by atoms with Gasteiger partial charge in [0.2, 0.25) is 0 Å². The van der Waals surface area contributed by atoms with E-state index in [2.05, 4.69) is 32.3 Å². The molecule has 0 aromatic rings. The molecule has 2 saturated heterocycles. The van der Waals surface area contributed by atoms with Gasteiger partial charge < -0.3 is 10.6 Å². The maximum atomic E-state index is 4.46. The number of hydrogen-bond donors (Lipinski definition) is 2. The second-order valence-corrected chi connectivity index (χ2v) is 7.82. The molecule has 0 bridgehead atoms. The van der Waals surface area contributed by atoms with Crippen molar-refractivity contribution >= 4 is 5.96 Å². The number of guanidine groups is 1.